The van der Waals surface area contributed by atoms with Crippen molar-refractivity contribution in [2.45, 2.75) is 95.3 Å². The fraction of sp³-hybridized carbons (Fsp3) is 0.600. The van der Waals surface area contributed by atoms with Crippen LogP contribution < -0.4 is 4.74 Å². The quantitative estimate of drug-likeness (QED) is 0.235. The summed E-state index contributed by atoms with van der Waals surface area (Å²) in [6.45, 7) is 2.26. The largest absolute Gasteiger partial charge is 0.496 e. The monoisotopic (exact) mass is 434 g/mol. The summed E-state index contributed by atoms with van der Waals surface area (Å²) in [5.74, 6) is 0.469. The van der Waals surface area contributed by atoms with Crippen LogP contribution in [0.5, 0.6) is 5.75 Å². The van der Waals surface area contributed by atoms with Crippen LogP contribution in [0.2, 0.25) is 0 Å². The molecular formula is C25H38O4S. The lowest BCUT2D eigenvalue weighted by atomic mass is 10.0. The van der Waals surface area contributed by atoms with Crippen molar-refractivity contribution >= 4 is 20.9 Å². The van der Waals surface area contributed by atoms with Crippen LogP contribution in [0.4, 0.5) is 0 Å². The predicted octanol–water partition coefficient (Wildman–Crippen LogP) is 7.34. The highest BCUT2D eigenvalue weighted by Crippen LogP contribution is 2.30. The first-order chi connectivity index (χ1) is 14.5. The molecule has 0 spiro atoms. The van der Waals surface area contributed by atoms with E-state index in [9.17, 15) is 13.0 Å². The zero-order chi connectivity index (χ0) is 21.8. The standard InChI is InChI=1S/C25H38O4S/c1-3-4-5-6-7-8-9-10-11-12-13-14-15-21-16-17-22-19-23(30(26,27)28)20-25(29-2)24(22)18-21/h16-20H,3-15H2,1-2H3,(H,26,27,28). The molecule has 0 aliphatic heterocycles. The van der Waals surface area contributed by atoms with Gasteiger partial charge in [0.05, 0.1) is 12.0 Å². The van der Waals surface area contributed by atoms with Crippen LogP contribution in [0.15, 0.2) is 35.2 Å². The number of benzene rings is 2. The van der Waals surface area contributed by atoms with E-state index in [0.717, 1.165) is 23.6 Å². The van der Waals surface area contributed by atoms with E-state index in [-0.39, 0.29) is 4.90 Å². The smallest absolute Gasteiger partial charge is 0.294 e. The van der Waals surface area contributed by atoms with Gasteiger partial charge in [-0.2, -0.15) is 8.42 Å². The maximum Gasteiger partial charge on any atom is 0.294 e. The molecule has 4 nitrogen and oxygen atoms in total. The van der Waals surface area contributed by atoms with Gasteiger partial charge in [-0.25, -0.2) is 0 Å². The fourth-order valence-corrected chi connectivity index (χ4v) is 4.52. The van der Waals surface area contributed by atoms with Crippen molar-refractivity contribution < 1.29 is 17.7 Å². The number of ether oxygens (including phenoxy) is 1. The molecule has 0 saturated carbocycles. The molecule has 0 amide bonds. The normalized spacial score (nSPS) is 11.8. The van der Waals surface area contributed by atoms with Gasteiger partial charge in [-0.05, 0) is 35.9 Å². The number of methoxy groups -OCH3 is 1. The van der Waals surface area contributed by atoms with Gasteiger partial charge in [0, 0.05) is 11.5 Å². The van der Waals surface area contributed by atoms with E-state index in [4.69, 9.17) is 4.74 Å². The van der Waals surface area contributed by atoms with Gasteiger partial charge >= 0.3 is 0 Å². The van der Waals surface area contributed by atoms with Gasteiger partial charge in [0.15, 0.2) is 0 Å². The second-order valence-corrected chi connectivity index (χ2v) is 9.72. The first-order valence-electron chi connectivity index (χ1n) is 11.5. The van der Waals surface area contributed by atoms with Crippen LogP contribution in [-0.4, -0.2) is 20.1 Å². The molecular weight excluding hydrogens is 396 g/mol. The molecule has 0 atom stereocenters. The van der Waals surface area contributed by atoms with Gasteiger partial charge in [0.1, 0.15) is 5.75 Å². The Labute approximate surface area is 182 Å². The van der Waals surface area contributed by atoms with Crippen molar-refractivity contribution in [1.82, 2.24) is 0 Å². The Hall–Kier alpha value is -1.59. The Morgan fingerprint density at radius 2 is 1.37 bits per heavy atom. The van der Waals surface area contributed by atoms with E-state index < -0.39 is 10.1 Å². The average Bonchev–Trinajstić information content (AvgIpc) is 2.73. The van der Waals surface area contributed by atoms with Gasteiger partial charge in [-0.3, -0.25) is 4.55 Å². The Morgan fingerprint density at radius 1 is 0.800 bits per heavy atom. The third kappa shape index (κ3) is 8.27. The van der Waals surface area contributed by atoms with E-state index >= 15 is 0 Å². The molecule has 0 unspecified atom stereocenters. The lowest BCUT2D eigenvalue weighted by Gasteiger charge is -2.10. The molecule has 0 heterocycles. The summed E-state index contributed by atoms with van der Waals surface area (Å²) < 4.78 is 37.6. The van der Waals surface area contributed by atoms with E-state index in [1.54, 1.807) is 0 Å². The minimum atomic E-state index is -4.25. The number of hydrogen-bond acceptors (Lipinski definition) is 3. The summed E-state index contributed by atoms with van der Waals surface area (Å²) in [4.78, 5) is -0.138. The molecule has 0 radical (unpaired) electrons. The molecule has 30 heavy (non-hydrogen) atoms. The van der Waals surface area contributed by atoms with Crippen LogP contribution >= 0.6 is 0 Å². The molecule has 0 saturated heterocycles. The maximum atomic E-state index is 11.5. The lowest BCUT2D eigenvalue weighted by Crippen LogP contribution is -1.99. The van der Waals surface area contributed by atoms with E-state index in [2.05, 4.69) is 13.0 Å². The number of unbranched alkanes of at least 4 members (excludes halogenated alkanes) is 11. The van der Waals surface area contributed by atoms with Crippen molar-refractivity contribution in [2.75, 3.05) is 7.11 Å². The van der Waals surface area contributed by atoms with Crippen molar-refractivity contribution in [1.29, 1.82) is 0 Å². The van der Waals surface area contributed by atoms with Gasteiger partial charge in [-0.15, -0.1) is 0 Å². The van der Waals surface area contributed by atoms with E-state index in [0.29, 0.717) is 5.75 Å². The van der Waals surface area contributed by atoms with Gasteiger partial charge < -0.3 is 4.74 Å². The molecule has 0 aromatic heterocycles. The summed E-state index contributed by atoms with van der Waals surface area (Å²) in [6, 6.07) is 8.88. The van der Waals surface area contributed by atoms with Crippen molar-refractivity contribution in [3.63, 3.8) is 0 Å². The molecule has 2 aromatic rings. The molecule has 2 aromatic carbocycles. The highest BCUT2D eigenvalue weighted by atomic mass is 32.2. The predicted molar refractivity (Wildman–Crippen MR) is 125 cm³/mol. The minimum Gasteiger partial charge on any atom is -0.496 e. The summed E-state index contributed by atoms with van der Waals surface area (Å²) in [6.07, 6.45) is 17.1. The minimum absolute atomic E-state index is 0.138. The summed E-state index contributed by atoms with van der Waals surface area (Å²) in [5, 5.41) is 1.63. The molecule has 168 valence electrons. The number of rotatable bonds is 15. The molecule has 2 rings (SSSR count). The Morgan fingerprint density at radius 3 is 1.90 bits per heavy atom. The number of fused-ring (bicyclic) bond motifs is 1. The van der Waals surface area contributed by atoms with Gasteiger partial charge in [-0.1, -0.05) is 89.7 Å². The average molecular weight is 435 g/mol. The second-order valence-electron chi connectivity index (χ2n) is 8.30. The van der Waals surface area contributed by atoms with Crippen molar-refractivity contribution in [3.8, 4) is 5.75 Å². The SMILES string of the molecule is CCCCCCCCCCCCCCc1ccc2cc(S(=O)(=O)O)cc(OC)c2c1. The van der Waals surface area contributed by atoms with Crippen LogP contribution in [0.25, 0.3) is 10.8 Å². The Balaban J connectivity index is 1.73. The first kappa shape index (κ1) is 24.7. The Kier molecular flexibility index (Phi) is 10.7. The molecule has 0 aliphatic carbocycles. The third-order valence-corrected chi connectivity index (χ3v) is 6.62. The van der Waals surface area contributed by atoms with Crippen molar-refractivity contribution in [2.24, 2.45) is 0 Å². The highest BCUT2D eigenvalue weighted by Gasteiger charge is 2.14. The maximum absolute atomic E-state index is 11.5. The van der Waals surface area contributed by atoms with E-state index in [1.807, 2.05) is 12.1 Å². The molecule has 0 aliphatic rings. The zero-order valence-corrected chi connectivity index (χ0v) is 19.5. The van der Waals surface area contributed by atoms with Crippen LogP contribution in [0.1, 0.15) is 89.5 Å². The second kappa shape index (κ2) is 13.0. The fourth-order valence-electron chi connectivity index (χ4n) is 3.99. The zero-order valence-electron chi connectivity index (χ0n) is 18.7. The van der Waals surface area contributed by atoms with Crippen molar-refractivity contribution in [3.05, 3.63) is 35.9 Å². The van der Waals surface area contributed by atoms with E-state index in [1.165, 1.54) is 95.4 Å². The molecule has 5 heteroatoms. The van der Waals surface area contributed by atoms with Crippen LogP contribution in [-0.2, 0) is 16.5 Å². The molecule has 1 N–H and O–H groups in total. The number of aryl methyl sites for hydroxylation is 1. The number of hydrogen-bond donors (Lipinski definition) is 1. The van der Waals surface area contributed by atoms with Gasteiger partial charge in [0.2, 0.25) is 0 Å². The van der Waals surface area contributed by atoms with Crippen LogP contribution in [0.3, 0.4) is 0 Å². The summed E-state index contributed by atoms with van der Waals surface area (Å²) in [7, 11) is -2.74. The third-order valence-electron chi connectivity index (χ3n) is 5.79. The summed E-state index contributed by atoms with van der Waals surface area (Å²) >= 11 is 0. The Bertz CT molecular complexity index is 874. The lowest BCUT2D eigenvalue weighted by molar-refractivity contribution is 0.417. The van der Waals surface area contributed by atoms with Gasteiger partial charge in [0.25, 0.3) is 10.1 Å². The molecule has 0 fully saturated rings. The molecule has 0 bridgehead atoms. The topological polar surface area (TPSA) is 63.6 Å². The highest BCUT2D eigenvalue weighted by molar-refractivity contribution is 7.85. The first-order valence-corrected chi connectivity index (χ1v) is 13.0. The summed E-state index contributed by atoms with van der Waals surface area (Å²) in [5.41, 5.74) is 1.23. The van der Waals surface area contributed by atoms with Crippen LogP contribution in [0, 0.1) is 0 Å².